The molecule has 146 valence electrons. The summed E-state index contributed by atoms with van der Waals surface area (Å²) in [6, 6.07) is 7.14. The number of hydrogen-bond acceptors (Lipinski definition) is 2. The highest BCUT2D eigenvalue weighted by atomic mass is 32.1. The molecule has 0 bridgehead atoms. The van der Waals surface area contributed by atoms with E-state index in [-0.39, 0.29) is 21.7 Å². The summed E-state index contributed by atoms with van der Waals surface area (Å²) in [5, 5.41) is 2.36. The lowest BCUT2D eigenvalue weighted by Crippen LogP contribution is -2.23. The van der Waals surface area contributed by atoms with Crippen molar-refractivity contribution in [3.63, 3.8) is 0 Å². The van der Waals surface area contributed by atoms with Gasteiger partial charge in [-0.05, 0) is 63.6 Å². The first kappa shape index (κ1) is 21.7. The molecule has 2 heterocycles. The zero-order chi connectivity index (χ0) is 20.0. The standard InChI is InChI=1S/C24H38S2/c1-21(2,3)17-15-20(25-16-17)24(9,10)14-13-23(7,8)19-12-11-18(26-19)22(4,5)6/h11-12,15-16H,13-14H2,1-10H3. The molecule has 0 saturated heterocycles. The number of hydrogen-bond donors (Lipinski definition) is 0. The summed E-state index contributed by atoms with van der Waals surface area (Å²) in [6.07, 6.45) is 2.43. The zero-order valence-electron chi connectivity index (χ0n) is 18.5. The third-order valence-corrected chi connectivity index (χ3v) is 8.69. The molecule has 2 aromatic rings. The molecule has 0 aliphatic heterocycles. The quantitative estimate of drug-likeness (QED) is 0.480. The second kappa shape index (κ2) is 7.09. The molecule has 0 unspecified atom stereocenters. The van der Waals surface area contributed by atoms with Crippen LogP contribution in [0, 0.1) is 0 Å². The van der Waals surface area contributed by atoms with Gasteiger partial charge in [-0.2, -0.15) is 0 Å². The van der Waals surface area contributed by atoms with Crippen molar-refractivity contribution in [1.29, 1.82) is 0 Å². The van der Waals surface area contributed by atoms with E-state index in [1.807, 2.05) is 22.7 Å². The molecule has 0 aromatic carbocycles. The fourth-order valence-corrected chi connectivity index (χ4v) is 5.55. The lowest BCUT2D eigenvalue weighted by atomic mass is 9.77. The smallest absolute Gasteiger partial charge is 0.0105 e. The minimum atomic E-state index is 0.232. The first-order valence-electron chi connectivity index (χ1n) is 9.83. The highest BCUT2D eigenvalue weighted by Gasteiger charge is 2.30. The molecule has 0 fully saturated rings. The van der Waals surface area contributed by atoms with Crippen molar-refractivity contribution in [2.75, 3.05) is 0 Å². The Hall–Kier alpha value is -0.600. The van der Waals surface area contributed by atoms with Crippen molar-refractivity contribution < 1.29 is 0 Å². The maximum atomic E-state index is 2.44. The van der Waals surface area contributed by atoms with Gasteiger partial charge in [0.25, 0.3) is 0 Å². The van der Waals surface area contributed by atoms with E-state index in [2.05, 4.69) is 92.8 Å². The molecular weight excluding hydrogens is 352 g/mol. The highest BCUT2D eigenvalue weighted by molar-refractivity contribution is 7.12. The van der Waals surface area contributed by atoms with Crippen molar-refractivity contribution >= 4 is 22.7 Å². The number of thiophene rings is 2. The second-order valence-corrected chi connectivity index (χ2v) is 13.1. The van der Waals surface area contributed by atoms with Gasteiger partial charge in [0.15, 0.2) is 0 Å². The first-order chi connectivity index (χ1) is 11.6. The lowest BCUT2D eigenvalue weighted by molar-refractivity contribution is 0.382. The molecule has 0 amide bonds. The van der Waals surface area contributed by atoms with Crippen LogP contribution in [0.15, 0.2) is 23.6 Å². The van der Waals surface area contributed by atoms with Crippen LogP contribution in [0.25, 0.3) is 0 Å². The molecule has 0 N–H and O–H groups in total. The largest absolute Gasteiger partial charge is 0.148 e. The Balaban J connectivity index is 2.12. The molecule has 0 aliphatic rings. The molecule has 0 aliphatic carbocycles. The van der Waals surface area contributed by atoms with Crippen LogP contribution in [-0.2, 0) is 21.7 Å². The van der Waals surface area contributed by atoms with Gasteiger partial charge in [-0.25, -0.2) is 0 Å². The summed E-state index contributed by atoms with van der Waals surface area (Å²) >= 11 is 3.94. The Morgan fingerprint density at radius 3 is 1.58 bits per heavy atom. The fraction of sp³-hybridized carbons (Fsp3) is 0.667. The fourth-order valence-electron chi connectivity index (χ4n) is 3.06. The van der Waals surface area contributed by atoms with Gasteiger partial charge in [0, 0.05) is 14.6 Å². The maximum absolute atomic E-state index is 2.44. The van der Waals surface area contributed by atoms with E-state index in [1.54, 1.807) is 0 Å². The van der Waals surface area contributed by atoms with Gasteiger partial charge in [-0.15, -0.1) is 22.7 Å². The second-order valence-electron chi connectivity index (χ2n) is 11.1. The van der Waals surface area contributed by atoms with Gasteiger partial charge in [0.2, 0.25) is 0 Å². The molecule has 0 nitrogen and oxygen atoms in total. The zero-order valence-corrected chi connectivity index (χ0v) is 20.2. The van der Waals surface area contributed by atoms with Crippen LogP contribution in [-0.4, -0.2) is 0 Å². The number of rotatable bonds is 5. The molecule has 2 heteroatoms. The summed E-state index contributed by atoms with van der Waals surface area (Å²) in [5.41, 5.74) is 2.42. The summed E-state index contributed by atoms with van der Waals surface area (Å²) in [6.45, 7) is 23.5. The van der Waals surface area contributed by atoms with Crippen LogP contribution in [0.3, 0.4) is 0 Å². The predicted octanol–water partition coefficient (Wildman–Crippen LogP) is 8.44. The molecule has 0 radical (unpaired) electrons. The van der Waals surface area contributed by atoms with E-state index in [0.717, 1.165) is 0 Å². The van der Waals surface area contributed by atoms with Crippen LogP contribution in [0.4, 0.5) is 0 Å². The molecule has 26 heavy (non-hydrogen) atoms. The van der Waals surface area contributed by atoms with Crippen molar-refractivity contribution in [3.8, 4) is 0 Å². The molecular formula is C24H38S2. The molecule has 0 atom stereocenters. The highest BCUT2D eigenvalue weighted by Crippen LogP contribution is 2.42. The summed E-state index contributed by atoms with van der Waals surface area (Å²) in [4.78, 5) is 4.55. The molecule has 0 spiro atoms. The minimum Gasteiger partial charge on any atom is -0.148 e. The van der Waals surface area contributed by atoms with Gasteiger partial charge in [0.05, 0.1) is 0 Å². The Kier molecular flexibility index (Phi) is 5.92. The van der Waals surface area contributed by atoms with Crippen LogP contribution < -0.4 is 0 Å². The monoisotopic (exact) mass is 390 g/mol. The average molecular weight is 391 g/mol. The first-order valence-corrected chi connectivity index (χ1v) is 11.5. The van der Waals surface area contributed by atoms with Crippen molar-refractivity contribution in [3.05, 3.63) is 43.8 Å². The van der Waals surface area contributed by atoms with Crippen molar-refractivity contribution in [2.45, 2.75) is 104 Å². The minimum absolute atomic E-state index is 0.232. The summed E-state index contributed by atoms with van der Waals surface area (Å²) in [5.74, 6) is 0. The van der Waals surface area contributed by atoms with Gasteiger partial charge >= 0.3 is 0 Å². The lowest BCUT2D eigenvalue weighted by Gasteiger charge is -2.30. The maximum Gasteiger partial charge on any atom is 0.0105 e. The summed E-state index contributed by atoms with van der Waals surface area (Å²) in [7, 11) is 0. The van der Waals surface area contributed by atoms with E-state index in [0.29, 0.717) is 0 Å². The summed E-state index contributed by atoms with van der Waals surface area (Å²) < 4.78 is 0. The topological polar surface area (TPSA) is 0 Å². The van der Waals surface area contributed by atoms with Crippen LogP contribution >= 0.6 is 22.7 Å². The Morgan fingerprint density at radius 1 is 0.654 bits per heavy atom. The van der Waals surface area contributed by atoms with E-state index in [9.17, 15) is 0 Å². The van der Waals surface area contributed by atoms with Gasteiger partial charge < -0.3 is 0 Å². The molecule has 0 saturated carbocycles. The van der Waals surface area contributed by atoms with Crippen molar-refractivity contribution in [2.24, 2.45) is 0 Å². The van der Waals surface area contributed by atoms with Crippen LogP contribution in [0.2, 0.25) is 0 Å². The normalized spacial score (nSPS) is 14.1. The predicted molar refractivity (Wildman–Crippen MR) is 121 cm³/mol. The SMILES string of the molecule is CC(C)(C)c1csc(C(C)(C)CCC(C)(C)c2ccc(C(C)(C)C)s2)c1. The van der Waals surface area contributed by atoms with Gasteiger partial charge in [-0.3, -0.25) is 0 Å². The Labute approximate surface area is 170 Å². The van der Waals surface area contributed by atoms with E-state index >= 15 is 0 Å². The Morgan fingerprint density at radius 2 is 1.15 bits per heavy atom. The molecule has 2 aromatic heterocycles. The van der Waals surface area contributed by atoms with Crippen LogP contribution in [0.5, 0.6) is 0 Å². The van der Waals surface area contributed by atoms with E-state index in [4.69, 9.17) is 0 Å². The van der Waals surface area contributed by atoms with Crippen LogP contribution in [0.1, 0.15) is 102 Å². The van der Waals surface area contributed by atoms with Gasteiger partial charge in [-0.1, -0.05) is 69.2 Å². The molecule has 2 rings (SSSR count). The van der Waals surface area contributed by atoms with E-state index < -0.39 is 0 Å². The average Bonchev–Trinajstić information content (AvgIpc) is 3.13. The van der Waals surface area contributed by atoms with Gasteiger partial charge in [0.1, 0.15) is 0 Å². The van der Waals surface area contributed by atoms with E-state index in [1.165, 1.54) is 33.0 Å². The van der Waals surface area contributed by atoms with Crippen molar-refractivity contribution in [1.82, 2.24) is 0 Å². The third kappa shape index (κ3) is 5.01. The Bertz CT molecular complexity index is 663. The third-order valence-electron chi connectivity index (χ3n) is 5.52.